The molecular weight excluding hydrogens is 150 g/mol. The van der Waals surface area contributed by atoms with E-state index in [9.17, 15) is 0 Å². The standard InChI is InChI=1S/C9H11N3/c1-3-8-7-4-5-12(2)9(7)11-6-10-8/h4-6H,3H2,1-2H3. The maximum absolute atomic E-state index is 4.21. The topological polar surface area (TPSA) is 30.7 Å². The molecule has 62 valence electrons. The zero-order chi connectivity index (χ0) is 8.55. The summed E-state index contributed by atoms with van der Waals surface area (Å²) >= 11 is 0. The summed E-state index contributed by atoms with van der Waals surface area (Å²) in [6.45, 7) is 2.11. The Morgan fingerprint density at radius 3 is 3.00 bits per heavy atom. The molecule has 0 aliphatic rings. The molecule has 0 aliphatic heterocycles. The van der Waals surface area contributed by atoms with Crippen LogP contribution < -0.4 is 0 Å². The van der Waals surface area contributed by atoms with Crippen LogP contribution in [0.15, 0.2) is 18.6 Å². The van der Waals surface area contributed by atoms with Gasteiger partial charge in [0.1, 0.15) is 12.0 Å². The number of rotatable bonds is 1. The van der Waals surface area contributed by atoms with Gasteiger partial charge in [0, 0.05) is 18.6 Å². The molecule has 2 rings (SSSR count). The zero-order valence-corrected chi connectivity index (χ0v) is 7.28. The molecule has 0 saturated carbocycles. The fraction of sp³-hybridized carbons (Fsp3) is 0.333. The maximum Gasteiger partial charge on any atom is 0.143 e. The highest BCUT2D eigenvalue weighted by Crippen LogP contribution is 2.14. The third kappa shape index (κ3) is 0.897. The first-order valence-electron chi connectivity index (χ1n) is 4.08. The molecule has 0 fully saturated rings. The summed E-state index contributed by atoms with van der Waals surface area (Å²) in [6.07, 6.45) is 4.60. The minimum Gasteiger partial charge on any atom is -0.335 e. The van der Waals surface area contributed by atoms with Crippen molar-refractivity contribution >= 4 is 11.0 Å². The van der Waals surface area contributed by atoms with Gasteiger partial charge in [-0.15, -0.1) is 0 Å². The predicted octanol–water partition coefficient (Wildman–Crippen LogP) is 1.53. The molecule has 0 spiro atoms. The third-order valence-electron chi connectivity index (χ3n) is 2.08. The molecule has 3 nitrogen and oxygen atoms in total. The second kappa shape index (κ2) is 2.59. The van der Waals surface area contributed by atoms with Crippen molar-refractivity contribution < 1.29 is 0 Å². The fourth-order valence-electron chi connectivity index (χ4n) is 1.41. The Kier molecular flexibility index (Phi) is 1.57. The number of hydrogen-bond donors (Lipinski definition) is 0. The molecule has 2 aromatic heterocycles. The molecule has 0 saturated heterocycles. The SMILES string of the molecule is CCc1ncnc2c1ccn2C. The second-order valence-corrected chi connectivity index (χ2v) is 2.84. The average molecular weight is 161 g/mol. The van der Waals surface area contributed by atoms with Gasteiger partial charge in [0.25, 0.3) is 0 Å². The Labute approximate surface area is 71.1 Å². The van der Waals surface area contributed by atoms with Gasteiger partial charge >= 0.3 is 0 Å². The van der Waals surface area contributed by atoms with E-state index < -0.39 is 0 Å². The van der Waals surface area contributed by atoms with Gasteiger partial charge < -0.3 is 4.57 Å². The summed E-state index contributed by atoms with van der Waals surface area (Å²) in [5.41, 5.74) is 2.14. The van der Waals surface area contributed by atoms with Gasteiger partial charge in [-0.25, -0.2) is 9.97 Å². The Balaban J connectivity index is 2.81. The van der Waals surface area contributed by atoms with E-state index in [1.54, 1.807) is 6.33 Å². The van der Waals surface area contributed by atoms with E-state index >= 15 is 0 Å². The predicted molar refractivity (Wildman–Crippen MR) is 47.9 cm³/mol. The Morgan fingerprint density at radius 2 is 2.25 bits per heavy atom. The largest absolute Gasteiger partial charge is 0.335 e. The first kappa shape index (κ1) is 7.28. The zero-order valence-electron chi connectivity index (χ0n) is 7.28. The molecule has 3 heteroatoms. The highest BCUT2D eigenvalue weighted by molar-refractivity contribution is 5.78. The molecular formula is C9H11N3. The van der Waals surface area contributed by atoms with Crippen molar-refractivity contribution in [3.8, 4) is 0 Å². The lowest BCUT2D eigenvalue weighted by Crippen LogP contribution is -1.92. The van der Waals surface area contributed by atoms with Crippen LogP contribution in [0.25, 0.3) is 11.0 Å². The molecule has 0 N–H and O–H groups in total. The molecule has 0 aliphatic carbocycles. The summed E-state index contributed by atoms with van der Waals surface area (Å²) in [4.78, 5) is 8.42. The van der Waals surface area contributed by atoms with Gasteiger partial charge in [-0.3, -0.25) is 0 Å². The van der Waals surface area contributed by atoms with Crippen molar-refractivity contribution in [1.29, 1.82) is 0 Å². The van der Waals surface area contributed by atoms with E-state index in [2.05, 4.69) is 23.0 Å². The molecule has 0 aromatic carbocycles. The maximum atomic E-state index is 4.21. The second-order valence-electron chi connectivity index (χ2n) is 2.84. The van der Waals surface area contributed by atoms with Crippen LogP contribution in [0.5, 0.6) is 0 Å². The summed E-state index contributed by atoms with van der Waals surface area (Å²) in [6, 6.07) is 2.06. The van der Waals surface area contributed by atoms with E-state index in [0.717, 1.165) is 17.8 Å². The van der Waals surface area contributed by atoms with Gasteiger partial charge in [0.15, 0.2) is 0 Å². The Hall–Kier alpha value is -1.38. The highest BCUT2D eigenvalue weighted by atomic mass is 15.0. The highest BCUT2D eigenvalue weighted by Gasteiger charge is 2.03. The van der Waals surface area contributed by atoms with E-state index in [1.807, 2.05) is 17.8 Å². The van der Waals surface area contributed by atoms with E-state index in [1.165, 1.54) is 5.39 Å². The number of aromatic nitrogens is 3. The van der Waals surface area contributed by atoms with E-state index in [0.29, 0.717) is 0 Å². The van der Waals surface area contributed by atoms with Crippen LogP contribution in [0.4, 0.5) is 0 Å². The van der Waals surface area contributed by atoms with Crippen molar-refractivity contribution in [1.82, 2.24) is 14.5 Å². The van der Waals surface area contributed by atoms with Crippen LogP contribution in [0.2, 0.25) is 0 Å². The monoisotopic (exact) mass is 161 g/mol. The number of fused-ring (bicyclic) bond motifs is 1. The molecule has 12 heavy (non-hydrogen) atoms. The van der Waals surface area contributed by atoms with Crippen LogP contribution >= 0.6 is 0 Å². The van der Waals surface area contributed by atoms with Crippen molar-refractivity contribution in [2.24, 2.45) is 7.05 Å². The Bertz CT molecular complexity index is 403. The first-order valence-corrected chi connectivity index (χ1v) is 4.08. The summed E-state index contributed by atoms with van der Waals surface area (Å²) in [5.74, 6) is 0. The molecule has 2 heterocycles. The molecule has 0 atom stereocenters. The summed E-state index contributed by atoms with van der Waals surface area (Å²) in [5, 5.41) is 1.17. The van der Waals surface area contributed by atoms with Crippen molar-refractivity contribution in [3.63, 3.8) is 0 Å². The lowest BCUT2D eigenvalue weighted by Gasteiger charge is -1.97. The number of hydrogen-bond acceptors (Lipinski definition) is 2. The summed E-state index contributed by atoms with van der Waals surface area (Å²) in [7, 11) is 1.99. The van der Waals surface area contributed by atoms with Gasteiger partial charge in [0.2, 0.25) is 0 Å². The van der Waals surface area contributed by atoms with Crippen LogP contribution in [-0.4, -0.2) is 14.5 Å². The van der Waals surface area contributed by atoms with Crippen LogP contribution in [0.3, 0.4) is 0 Å². The van der Waals surface area contributed by atoms with Gasteiger partial charge in [-0.05, 0) is 12.5 Å². The Morgan fingerprint density at radius 1 is 1.42 bits per heavy atom. The lowest BCUT2D eigenvalue weighted by atomic mass is 10.2. The van der Waals surface area contributed by atoms with Crippen molar-refractivity contribution in [3.05, 3.63) is 24.3 Å². The molecule has 0 radical (unpaired) electrons. The van der Waals surface area contributed by atoms with Gasteiger partial charge in [-0.1, -0.05) is 6.92 Å². The minimum atomic E-state index is 0.961. The molecule has 0 amide bonds. The van der Waals surface area contributed by atoms with E-state index in [4.69, 9.17) is 0 Å². The molecule has 0 bridgehead atoms. The quantitative estimate of drug-likeness (QED) is 0.635. The first-order chi connectivity index (χ1) is 5.83. The number of aryl methyl sites for hydroxylation is 2. The molecule has 0 unspecified atom stereocenters. The smallest absolute Gasteiger partial charge is 0.143 e. The van der Waals surface area contributed by atoms with Gasteiger partial charge in [-0.2, -0.15) is 0 Å². The van der Waals surface area contributed by atoms with Crippen molar-refractivity contribution in [2.75, 3.05) is 0 Å². The average Bonchev–Trinajstić information content (AvgIpc) is 2.48. The number of nitrogens with zero attached hydrogens (tertiary/aromatic N) is 3. The van der Waals surface area contributed by atoms with Crippen molar-refractivity contribution in [2.45, 2.75) is 13.3 Å². The van der Waals surface area contributed by atoms with E-state index in [-0.39, 0.29) is 0 Å². The third-order valence-corrected chi connectivity index (χ3v) is 2.08. The van der Waals surface area contributed by atoms with Crippen LogP contribution in [0.1, 0.15) is 12.6 Å². The fourth-order valence-corrected chi connectivity index (χ4v) is 1.41. The van der Waals surface area contributed by atoms with Crippen LogP contribution in [-0.2, 0) is 13.5 Å². The minimum absolute atomic E-state index is 0.961. The lowest BCUT2D eigenvalue weighted by molar-refractivity contribution is 0.935. The normalized spacial score (nSPS) is 10.8. The molecule has 2 aromatic rings. The van der Waals surface area contributed by atoms with Gasteiger partial charge in [0.05, 0.1) is 5.69 Å². The van der Waals surface area contributed by atoms with Crippen LogP contribution in [0, 0.1) is 0 Å². The summed E-state index contributed by atoms with van der Waals surface area (Å²) < 4.78 is 2.01.